The SMILES string of the molecule is CC(C)OCCS(=O)(=O)N1CC(N)(C2CC2)C1. The lowest BCUT2D eigenvalue weighted by Crippen LogP contribution is -2.70. The van der Waals surface area contributed by atoms with E-state index in [0.29, 0.717) is 19.0 Å². The maximum absolute atomic E-state index is 11.9. The van der Waals surface area contributed by atoms with Gasteiger partial charge in [0.15, 0.2) is 0 Å². The molecule has 0 amide bonds. The molecule has 1 saturated carbocycles. The first-order chi connectivity index (χ1) is 7.83. The van der Waals surface area contributed by atoms with Crippen molar-refractivity contribution in [3.63, 3.8) is 0 Å². The molecule has 2 fully saturated rings. The third-order valence-electron chi connectivity index (χ3n) is 3.52. The number of hydrogen-bond acceptors (Lipinski definition) is 4. The van der Waals surface area contributed by atoms with Gasteiger partial charge in [-0.3, -0.25) is 0 Å². The molecule has 1 aliphatic carbocycles. The van der Waals surface area contributed by atoms with Crippen molar-refractivity contribution in [1.82, 2.24) is 4.31 Å². The summed E-state index contributed by atoms with van der Waals surface area (Å²) in [5.41, 5.74) is 5.89. The average Bonchev–Trinajstić information content (AvgIpc) is 2.94. The Bertz CT molecular complexity index is 370. The van der Waals surface area contributed by atoms with Crippen molar-refractivity contribution in [2.24, 2.45) is 11.7 Å². The topological polar surface area (TPSA) is 72.6 Å². The molecular formula is C11H22N2O3S. The predicted molar refractivity (Wildman–Crippen MR) is 66.1 cm³/mol. The molecule has 0 aromatic rings. The lowest BCUT2D eigenvalue weighted by molar-refractivity contribution is 0.0882. The van der Waals surface area contributed by atoms with Crippen LogP contribution in [0.1, 0.15) is 26.7 Å². The zero-order valence-electron chi connectivity index (χ0n) is 10.6. The van der Waals surface area contributed by atoms with Gasteiger partial charge in [-0.25, -0.2) is 8.42 Å². The second kappa shape index (κ2) is 4.50. The van der Waals surface area contributed by atoms with Crippen LogP contribution >= 0.6 is 0 Å². The van der Waals surface area contributed by atoms with Gasteiger partial charge in [0.05, 0.1) is 18.5 Å². The standard InChI is InChI=1S/C11H22N2O3S/c1-9(2)16-5-6-17(14,15)13-7-11(12,8-13)10-3-4-10/h9-10H,3-8,12H2,1-2H3. The van der Waals surface area contributed by atoms with Gasteiger partial charge >= 0.3 is 0 Å². The zero-order valence-corrected chi connectivity index (χ0v) is 11.4. The van der Waals surface area contributed by atoms with E-state index >= 15 is 0 Å². The van der Waals surface area contributed by atoms with Crippen LogP contribution in [0.4, 0.5) is 0 Å². The van der Waals surface area contributed by atoms with E-state index in [1.165, 1.54) is 4.31 Å². The van der Waals surface area contributed by atoms with Crippen molar-refractivity contribution in [3.8, 4) is 0 Å². The molecule has 5 nitrogen and oxygen atoms in total. The first-order valence-corrected chi connectivity index (χ1v) is 7.83. The summed E-state index contributed by atoms with van der Waals surface area (Å²) >= 11 is 0. The Hall–Kier alpha value is -0.170. The van der Waals surface area contributed by atoms with Gasteiger partial charge in [-0.1, -0.05) is 0 Å². The molecule has 2 rings (SSSR count). The molecule has 0 unspecified atom stereocenters. The minimum atomic E-state index is -3.17. The fraction of sp³-hybridized carbons (Fsp3) is 1.00. The van der Waals surface area contributed by atoms with Gasteiger partial charge in [-0.15, -0.1) is 0 Å². The monoisotopic (exact) mass is 262 g/mol. The minimum Gasteiger partial charge on any atom is -0.378 e. The first kappa shape index (κ1) is 13.3. The third-order valence-corrected chi connectivity index (χ3v) is 5.25. The molecule has 100 valence electrons. The molecule has 6 heteroatoms. The van der Waals surface area contributed by atoms with Crippen LogP contribution in [0.5, 0.6) is 0 Å². The quantitative estimate of drug-likeness (QED) is 0.740. The van der Waals surface area contributed by atoms with E-state index in [2.05, 4.69) is 0 Å². The summed E-state index contributed by atoms with van der Waals surface area (Å²) in [6.45, 7) is 5.03. The average molecular weight is 262 g/mol. The van der Waals surface area contributed by atoms with E-state index in [1.54, 1.807) is 0 Å². The maximum atomic E-state index is 11.9. The van der Waals surface area contributed by atoms with Crippen molar-refractivity contribution in [2.75, 3.05) is 25.4 Å². The Morgan fingerprint density at radius 3 is 2.47 bits per heavy atom. The van der Waals surface area contributed by atoms with Crippen LogP contribution in [-0.2, 0) is 14.8 Å². The molecule has 0 radical (unpaired) electrons. The van der Waals surface area contributed by atoms with E-state index in [-0.39, 0.29) is 24.0 Å². The maximum Gasteiger partial charge on any atom is 0.216 e. The van der Waals surface area contributed by atoms with Gasteiger partial charge in [0.2, 0.25) is 10.0 Å². The Morgan fingerprint density at radius 2 is 2.00 bits per heavy atom. The summed E-state index contributed by atoms with van der Waals surface area (Å²) < 4.78 is 30.6. The minimum absolute atomic E-state index is 0.0614. The van der Waals surface area contributed by atoms with Crippen LogP contribution in [0, 0.1) is 5.92 Å². The van der Waals surface area contributed by atoms with Crippen molar-refractivity contribution in [1.29, 1.82) is 0 Å². The molecule has 2 N–H and O–H groups in total. The summed E-state index contributed by atoms with van der Waals surface area (Å²) in [6, 6.07) is 0. The molecule has 1 aliphatic heterocycles. The summed E-state index contributed by atoms with van der Waals surface area (Å²) in [6.07, 6.45) is 2.38. The van der Waals surface area contributed by atoms with Crippen LogP contribution < -0.4 is 5.73 Å². The summed E-state index contributed by atoms with van der Waals surface area (Å²) in [5, 5.41) is 0. The van der Waals surface area contributed by atoms with Crippen molar-refractivity contribution in [2.45, 2.75) is 38.3 Å². The lowest BCUT2D eigenvalue weighted by Gasteiger charge is -2.47. The Kier molecular flexibility index (Phi) is 3.51. The summed E-state index contributed by atoms with van der Waals surface area (Å²) in [5.74, 6) is 0.604. The summed E-state index contributed by atoms with van der Waals surface area (Å²) in [4.78, 5) is 0. The highest BCUT2D eigenvalue weighted by atomic mass is 32.2. The van der Waals surface area contributed by atoms with Gasteiger partial charge < -0.3 is 10.5 Å². The number of nitrogens with zero attached hydrogens (tertiary/aromatic N) is 1. The molecule has 0 bridgehead atoms. The molecule has 0 atom stereocenters. The van der Waals surface area contributed by atoms with Gasteiger partial charge in [0.25, 0.3) is 0 Å². The summed E-state index contributed by atoms with van der Waals surface area (Å²) in [7, 11) is -3.17. The number of sulfonamides is 1. The fourth-order valence-electron chi connectivity index (χ4n) is 2.24. The highest BCUT2D eigenvalue weighted by molar-refractivity contribution is 7.89. The fourth-order valence-corrected chi connectivity index (χ4v) is 3.68. The Balaban J connectivity index is 1.78. The highest BCUT2D eigenvalue weighted by Gasteiger charge is 2.53. The highest BCUT2D eigenvalue weighted by Crippen LogP contribution is 2.43. The van der Waals surface area contributed by atoms with Gasteiger partial charge in [0, 0.05) is 18.6 Å². The van der Waals surface area contributed by atoms with Gasteiger partial charge in [0.1, 0.15) is 0 Å². The van der Waals surface area contributed by atoms with E-state index in [9.17, 15) is 8.42 Å². The van der Waals surface area contributed by atoms with Gasteiger partial charge in [-0.05, 0) is 32.6 Å². The molecule has 1 heterocycles. The van der Waals surface area contributed by atoms with Crippen LogP contribution in [0.3, 0.4) is 0 Å². The molecule has 0 aromatic heterocycles. The molecule has 0 spiro atoms. The normalized spacial score (nSPS) is 24.9. The van der Waals surface area contributed by atoms with E-state index in [4.69, 9.17) is 10.5 Å². The van der Waals surface area contributed by atoms with Crippen LogP contribution in [0.2, 0.25) is 0 Å². The van der Waals surface area contributed by atoms with E-state index < -0.39 is 10.0 Å². The lowest BCUT2D eigenvalue weighted by atomic mass is 9.88. The van der Waals surface area contributed by atoms with Crippen molar-refractivity contribution < 1.29 is 13.2 Å². The number of nitrogens with two attached hydrogens (primary N) is 1. The van der Waals surface area contributed by atoms with Gasteiger partial charge in [-0.2, -0.15) is 4.31 Å². The molecule has 1 saturated heterocycles. The smallest absolute Gasteiger partial charge is 0.216 e. The molecule has 17 heavy (non-hydrogen) atoms. The zero-order chi connectivity index (χ0) is 12.7. The third kappa shape index (κ3) is 2.99. The number of ether oxygens (including phenoxy) is 1. The van der Waals surface area contributed by atoms with Crippen molar-refractivity contribution >= 4 is 10.0 Å². The van der Waals surface area contributed by atoms with Crippen LogP contribution in [0.15, 0.2) is 0 Å². The van der Waals surface area contributed by atoms with Crippen molar-refractivity contribution in [3.05, 3.63) is 0 Å². The van der Waals surface area contributed by atoms with E-state index in [1.807, 2.05) is 13.8 Å². The predicted octanol–water partition coefficient (Wildman–Crippen LogP) is 0.164. The number of hydrogen-bond donors (Lipinski definition) is 1. The second-order valence-electron chi connectivity index (χ2n) is 5.51. The van der Waals surface area contributed by atoms with E-state index in [0.717, 1.165) is 12.8 Å². The molecule has 0 aromatic carbocycles. The van der Waals surface area contributed by atoms with Crippen LogP contribution in [0.25, 0.3) is 0 Å². The molecule has 2 aliphatic rings. The second-order valence-corrected chi connectivity index (χ2v) is 7.60. The van der Waals surface area contributed by atoms with Crippen LogP contribution in [-0.4, -0.2) is 49.8 Å². The number of rotatable bonds is 6. The first-order valence-electron chi connectivity index (χ1n) is 6.22. The molecular weight excluding hydrogens is 240 g/mol. The Labute approximate surface area is 103 Å². The largest absolute Gasteiger partial charge is 0.378 e. The Morgan fingerprint density at radius 1 is 1.41 bits per heavy atom.